The quantitative estimate of drug-likeness (QED) is 0.719. The van der Waals surface area contributed by atoms with Gasteiger partial charge in [0.2, 0.25) is 0 Å². The molecular weight excluding hydrogens is 262 g/mol. The highest BCUT2D eigenvalue weighted by Gasteiger charge is 2.13. The molecule has 2 aromatic heterocycles. The van der Waals surface area contributed by atoms with Crippen LogP contribution in [0.4, 0.5) is 5.69 Å². The number of fused-ring (bicyclic) bond motifs is 2. The monoisotopic (exact) mass is 279 g/mol. The lowest BCUT2D eigenvalue weighted by molar-refractivity contribution is 0.830. The van der Waals surface area contributed by atoms with Crippen molar-refractivity contribution < 1.29 is 0 Å². The van der Waals surface area contributed by atoms with Gasteiger partial charge in [0.15, 0.2) is 0 Å². The van der Waals surface area contributed by atoms with E-state index < -0.39 is 0 Å². The fourth-order valence-corrected chi connectivity index (χ4v) is 3.14. The van der Waals surface area contributed by atoms with Crippen LogP contribution in [0.5, 0.6) is 0 Å². The highest BCUT2D eigenvalue weighted by atomic mass is 16.1. The zero-order chi connectivity index (χ0) is 14.4. The molecule has 4 rings (SSSR count). The number of anilines is 1. The van der Waals surface area contributed by atoms with E-state index in [-0.39, 0.29) is 5.56 Å². The Labute approximate surface area is 122 Å². The summed E-state index contributed by atoms with van der Waals surface area (Å²) in [6.45, 7) is 1.05. The summed E-state index contributed by atoms with van der Waals surface area (Å²) in [4.78, 5) is 15.2. The summed E-state index contributed by atoms with van der Waals surface area (Å²) in [5.74, 6) is 0. The summed E-state index contributed by atoms with van der Waals surface area (Å²) < 4.78 is 1.64. The van der Waals surface area contributed by atoms with Crippen molar-refractivity contribution >= 4 is 16.6 Å². The van der Waals surface area contributed by atoms with Gasteiger partial charge in [-0.25, -0.2) is 0 Å². The molecule has 0 amide bonds. The number of aromatic amines is 1. The van der Waals surface area contributed by atoms with Gasteiger partial charge >= 0.3 is 0 Å². The van der Waals surface area contributed by atoms with Crippen molar-refractivity contribution in [3.8, 4) is 11.1 Å². The molecule has 1 aliphatic heterocycles. The SMILES string of the molecule is Cn1cc(-c2ccc3c(c2)CCCN3)c2cc[nH]c2c1=O. The van der Waals surface area contributed by atoms with Gasteiger partial charge in [0.05, 0.1) is 0 Å². The third kappa shape index (κ3) is 1.87. The van der Waals surface area contributed by atoms with Gasteiger partial charge in [-0.15, -0.1) is 0 Å². The number of benzene rings is 1. The van der Waals surface area contributed by atoms with Crippen LogP contribution in [0, 0.1) is 0 Å². The molecule has 0 saturated heterocycles. The molecule has 0 aliphatic carbocycles. The molecule has 0 atom stereocenters. The number of H-pyrrole nitrogens is 1. The van der Waals surface area contributed by atoms with Crippen molar-refractivity contribution in [1.29, 1.82) is 0 Å². The second-order valence-electron chi connectivity index (χ2n) is 5.63. The Morgan fingerprint density at radius 3 is 3.05 bits per heavy atom. The molecule has 4 heteroatoms. The number of nitrogens with one attached hydrogen (secondary N) is 2. The van der Waals surface area contributed by atoms with E-state index in [0.29, 0.717) is 5.52 Å². The van der Waals surface area contributed by atoms with Gasteiger partial charge in [0, 0.05) is 42.6 Å². The van der Waals surface area contributed by atoms with Gasteiger partial charge in [-0.2, -0.15) is 0 Å². The number of rotatable bonds is 1. The molecule has 106 valence electrons. The Hall–Kier alpha value is -2.49. The molecule has 0 bridgehead atoms. The summed E-state index contributed by atoms with van der Waals surface area (Å²) in [5, 5.41) is 4.42. The average Bonchev–Trinajstić information content (AvgIpc) is 3.00. The summed E-state index contributed by atoms with van der Waals surface area (Å²) >= 11 is 0. The van der Waals surface area contributed by atoms with Gasteiger partial charge < -0.3 is 14.9 Å². The van der Waals surface area contributed by atoms with Gasteiger partial charge in [-0.3, -0.25) is 4.79 Å². The molecule has 2 N–H and O–H groups in total. The maximum Gasteiger partial charge on any atom is 0.274 e. The van der Waals surface area contributed by atoms with E-state index in [1.165, 1.54) is 17.7 Å². The molecule has 0 radical (unpaired) electrons. The van der Waals surface area contributed by atoms with Crippen LogP contribution in [0.25, 0.3) is 22.0 Å². The fourth-order valence-electron chi connectivity index (χ4n) is 3.14. The molecular formula is C17H17N3O. The summed E-state index contributed by atoms with van der Waals surface area (Å²) in [6.07, 6.45) is 6.04. The van der Waals surface area contributed by atoms with Crippen molar-refractivity contribution in [3.05, 3.63) is 52.6 Å². The number of hydrogen-bond acceptors (Lipinski definition) is 2. The summed E-state index contributed by atoms with van der Waals surface area (Å²) in [5.41, 5.74) is 5.54. The second-order valence-corrected chi connectivity index (χ2v) is 5.63. The van der Waals surface area contributed by atoms with E-state index >= 15 is 0 Å². The van der Waals surface area contributed by atoms with Gasteiger partial charge in [0.1, 0.15) is 5.52 Å². The number of aryl methyl sites for hydroxylation is 2. The van der Waals surface area contributed by atoms with Gasteiger partial charge in [-0.1, -0.05) is 6.07 Å². The standard InChI is InChI=1S/C17H17N3O/c1-20-10-14(13-6-8-19-16(13)17(20)21)11-4-5-15-12(9-11)3-2-7-18-15/h4-6,8-10,18-19H,2-3,7H2,1H3. The third-order valence-corrected chi connectivity index (χ3v) is 4.25. The van der Waals surface area contributed by atoms with Crippen LogP contribution in [-0.2, 0) is 13.5 Å². The largest absolute Gasteiger partial charge is 0.385 e. The fraction of sp³-hybridized carbons (Fsp3) is 0.235. The summed E-state index contributed by atoms with van der Waals surface area (Å²) in [7, 11) is 1.80. The van der Waals surface area contributed by atoms with Crippen LogP contribution in [0.3, 0.4) is 0 Å². The molecule has 0 fully saturated rings. The van der Waals surface area contributed by atoms with Crippen LogP contribution >= 0.6 is 0 Å². The maximum atomic E-state index is 12.1. The minimum Gasteiger partial charge on any atom is -0.385 e. The Morgan fingerprint density at radius 1 is 1.24 bits per heavy atom. The number of hydrogen-bond donors (Lipinski definition) is 2. The molecule has 0 spiro atoms. The average molecular weight is 279 g/mol. The minimum absolute atomic E-state index is 0.0124. The lowest BCUT2D eigenvalue weighted by Crippen LogP contribution is -2.16. The van der Waals surface area contributed by atoms with Crippen molar-refractivity contribution in [1.82, 2.24) is 9.55 Å². The third-order valence-electron chi connectivity index (χ3n) is 4.25. The second kappa shape index (κ2) is 4.52. The number of aromatic nitrogens is 2. The van der Waals surface area contributed by atoms with Gasteiger partial charge in [0.25, 0.3) is 5.56 Å². The normalized spacial score (nSPS) is 14.0. The minimum atomic E-state index is 0.0124. The van der Waals surface area contributed by atoms with Crippen molar-refractivity contribution in [2.75, 3.05) is 11.9 Å². The zero-order valence-electron chi connectivity index (χ0n) is 11.9. The summed E-state index contributed by atoms with van der Waals surface area (Å²) in [6, 6.07) is 8.49. The first kappa shape index (κ1) is 12.3. The van der Waals surface area contributed by atoms with E-state index in [4.69, 9.17) is 0 Å². The van der Waals surface area contributed by atoms with Crippen LogP contribution in [-0.4, -0.2) is 16.1 Å². The zero-order valence-corrected chi connectivity index (χ0v) is 11.9. The molecule has 21 heavy (non-hydrogen) atoms. The Morgan fingerprint density at radius 2 is 2.14 bits per heavy atom. The van der Waals surface area contributed by atoms with Crippen LogP contribution in [0.2, 0.25) is 0 Å². The smallest absolute Gasteiger partial charge is 0.274 e. The van der Waals surface area contributed by atoms with Crippen molar-refractivity contribution in [3.63, 3.8) is 0 Å². The van der Waals surface area contributed by atoms with Crippen molar-refractivity contribution in [2.24, 2.45) is 7.05 Å². The first-order valence-electron chi connectivity index (χ1n) is 7.28. The highest BCUT2D eigenvalue weighted by molar-refractivity contribution is 5.94. The lowest BCUT2D eigenvalue weighted by atomic mass is 9.96. The number of pyridine rings is 1. The Bertz CT molecular complexity index is 889. The maximum absolute atomic E-state index is 12.1. The van der Waals surface area contributed by atoms with Gasteiger partial charge in [-0.05, 0) is 42.2 Å². The Kier molecular flexibility index (Phi) is 2.64. The predicted molar refractivity (Wildman–Crippen MR) is 85.8 cm³/mol. The van der Waals surface area contributed by atoms with E-state index in [9.17, 15) is 4.79 Å². The molecule has 1 aliphatic rings. The molecule has 0 saturated carbocycles. The van der Waals surface area contributed by atoms with Crippen LogP contribution in [0.1, 0.15) is 12.0 Å². The van der Waals surface area contributed by atoms with Crippen molar-refractivity contribution in [2.45, 2.75) is 12.8 Å². The van der Waals surface area contributed by atoms with E-state index in [0.717, 1.165) is 29.5 Å². The Balaban J connectivity index is 1.96. The number of nitrogens with zero attached hydrogens (tertiary/aromatic N) is 1. The molecule has 1 aromatic carbocycles. The highest BCUT2D eigenvalue weighted by Crippen LogP contribution is 2.31. The van der Waals surface area contributed by atoms with E-state index in [2.05, 4.69) is 28.5 Å². The molecule has 3 aromatic rings. The van der Waals surface area contributed by atoms with E-state index in [1.54, 1.807) is 11.6 Å². The predicted octanol–water partition coefficient (Wildman–Crippen LogP) is 2.89. The first-order valence-corrected chi connectivity index (χ1v) is 7.28. The molecule has 0 unspecified atom stereocenters. The van der Waals surface area contributed by atoms with E-state index in [1.807, 2.05) is 18.5 Å². The molecule has 3 heterocycles. The lowest BCUT2D eigenvalue weighted by Gasteiger charge is -2.19. The first-order chi connectivity index (χ1) is 10.2. The topological polar surface area (TPSA) is 49.8 Å². The van der Waals surface area contributed by atoms with Crippen LogP contribution < -0.4 is 10.9 Å². The molecule has 4 nitrogen and oxygen atoms in total. The van der Waals surface area contributed by atoms with Crippen LogP contribution in [0.15, 0.2) is 41.5 Å².